The minimum atomic E-state index is -0.161. The third kappa shape index (κ3) is 3.56. The van der Waals surface area contributed by atoms with Crippen molar-refractivity contribution in [1.29, 1.82) is 0 Å². The van der Waals surface area contributed by atoms with Crippen LogP contribution >= 0.6 is 27.5 Å². The monoisotopic (exact) mass is 358 g/mol. The Labute approximate surface area is 128 Å². The van der Waals surface area contributed by atoms with E-state index in [1.54, 1.807) is 30.0 Å². The molecule has 6 nitrogen and oxygen atoms in total. The smallest absolute Gasteiger partial charge is 0.274 e. The maximum Gasteiger partial charge on any atom is 0.274 e. The van der Waals surface area contributed by atoms with Crippen molar-refractivity contribution in [3.63, 3.8) is 0 Å². The molecule has 0 radical (unpaired) electrons. The molecule has 1 N–H and O–H groups in total. The number of nitrogens with one attached hydrogen (secondary N) is 1. The summed E-state index contributed by atoms with van der Waals surface area (Å²) in [5, 5.41) is 3.04. The van der Waals surface area contributed by atoms with Crippen molar-refractivity contribution in [3.05, 3.63) is 44.6 Å². The third-order valence-corrected chi connectivity index (χ3v) is 3.29. The van der Waals surface area contributed by atoms with Crippen molar-refractivity contribution in [1.82, 2.24) is 14.5 Å². The topological polar surface area (TPSA) is 69.0 Å². The van der Waals surface area contributed by atoms with Crippen LogP contribution in [0.2, 0.25) is 5.28 Å². The SMILES string of the molecule is COCCn1cccc(Nc2nc(Cl)ncc2Br)c1=O. The van der Waals surface area contributed by atoms with Gasteiger partial charge in [0.25, 0.3) is 5.56 Å². The predicted molar refractivity (Wildman–Crippen MR) is 80.6 cm³/mol. The number of ether oxygens (including phenoxy) is 1. The molecule has 0 fully saturated rings. The van der Waals surface area contributed by atoms with Crippen molar-refractivity contribution in [2.45, 2.75) is 6.54 Å². The lowest BCUT2D eigenvalue weighted by molar-refractivity contribution is 0.186. The molecular weight excluding hydrogens is 348 g/mol. The highest BCUT2D eigenvalue weighted by molar-refractivity contribution is 9.10. The lowest BCUT2D eigenvalue weighted by Crippen LogP contribution is -2.23. The van der Waals surface area contributed by atoms with Crippen LogP contribution < -0.4 is 10.9 Å². The van der Waals surface area contributed by atoms with Crippen molar-refractivity contribution >= 4 is 39.0 Å². The number of anilines is 2. The minimum Gasteiger partial charge on any atom is -0.383 e. The first-order chi connectivity index (χ1) is 9.61. The van der Waals surface area contributed by atoms with E-state index >= 15 is 0 Å². The van der Waals surface area contributed by atoms with Gasteiger partial charge in [-0.15, -0.1) is 0 Å². The normalized spacial score (nSPS) is 10.6. The molecule has 2 aromatic heterocycles. The molecule has 0 unspecified atom stereocenters. The molecule has 2 rings (SSSR count). The zero-order chi connectivity index (χ0) is 14.5. The van der Waals surface area contributed by atoms with Crippen molar-refractivity contribution < 1.29 is 4.74 Å². The Morgan fingerprint density at radius 2 is 2.35 bits per heavy atom. The van der Waals surface area contributed by atoms with Crippen molar-refractivity contribution in [3.8, 4) is 0 Å². The van der Waals surface area contributed by atoms with Crippen LogP contribution in [0.25, 0.3) is 0 Å². The molecule has 0 aromatic carbocycles. The molecule has 0 aliphatic rings. The summed E-state index contributed by atoms with van der Waals surface area (Å²) in [5.41, 5.74) is 0.241. The first-order valence-electron chi connectivity index (χ1n) is 5.75. The first-order valence-corrected chi connectivity index (χ1v) is 6.92. The second-order valence-corrected chi connectivity index (χ2v) is 5.07. The predicted octanol–water partition coefficient (Wildman–Crippen LogP) is 2.44. The van der Waals surface area contributed by atoms with Gasteiger partial charge in [0.2, 0.25) is 5.28 Å². The van der Waals surface area contributed by atoms with Crippen LogP contribution in [0.3, 0.4) is 0 Å². The Morgan fingerprint density at radius 3 is 3.10 bits per heavy atom. The van der Waals surface area contributed by atoms with Gasteiger partial charge < -0.3 is 14.6 Å². The van der Waals surface area contributed by atoms with Crippen LogP contribution in [-0.4, -0.2) is 28.3 Å². The van der Waals surface area contributed by atoms with E-state index in [1.165, 1.54) is 6.20 Å². The zero-order valence-corrected chi connectivity index (χ0v) is 13.0. The molecule has 106 valence electrons. The summed E-state index contributed by atoms with van der Waals surface area (Å²) in [6.45, 7) is 0.947. The second-order valence-electron chi connectivity index (χ2n) is 3.87. The van der Waals surface area contributed by atoms with Crippen LogP contribution in [-0.2, 0) is 11.3 Å². The molecule has 0 aliphatic heterocycles. The average Bonchev–Trinajstić information content (AvgIpc) is 2.44. The summed E-state index contributed by atoms with van der Waals surface area (Å²) in [6, 6.07) is 3.45. The number of hydrogen-bond donors (Lipinski definition) is 1. The van der Waals surface area contributed by atoms with Gasteiger partial charge in [-0.2, -0.15) is 4.98 Å². The molecule has 2 heterocycles. The maximum atomic E-state index is 12.2. The quantitative estimate of drug-likeness (QED) is 0.831. The van der Waals surface area contributed by atoms with Gasteiger partial charge in [-0.1, -0.05) is 0 Å². The fourth-order valence-corrected chi connectivity index (χ4v) is 1.98. The summed E-state index contributed by atoms with van der Waals surface area (Å²) in [4.78, 5) is 20.1. The number of pyridine rings is 1. The third-order valence-electron chi connectivity index (χ3n) is 2.52. The van der Waals surface area contributed by atoms with E-state index < -0.39 is 0 Å². The fraction of sp³-hybridized carbons (Fsp3) is 0.250. The van der Waals surface area contributed by atoms with Gasteiger partial charge in [-0.3, -0.25) is 4.79 Å². The highest BCUT2D eigenvalue weighted by atomic mass is 79.9. The van der Waals surface area contributed by atoms with Crippen LogP contribution in [0, 0.1) is 0 Å². The van der Waals surface area contributed by atoms with E-state index in [4.69, 9.17) is 16.3 Å². The standard InChI is InChI=1S/C12H12BrClN4O2/c1-20-6-5-18-4-2-3-9(11(18)19)16-10-8(13)7-15-12(14)17-10/h2-4,7H,5-6H2,1H3,(H,15,16,17). The number of hydrogen-bond acceptors (Lipinski definition) is 5. The highest BCUT2D eigenvalue weighted by Gasteiger charge is 2.08. The van der Waals surface area contributed by atoms with E-state index in [1.807, 2.05) is 0 Å². The van der Waals surface area contributed by atoms with E-state index in [2.05, 4.69) is 31.2 Å². The van der Waals surface area contributed by atoms with E-state index in [9.17, 15) is 4.79 Å². The number of rotatable bonds is 5. The molecule has 0 spiro atoms. The molecule has 0 saturated heterocycles. The van der Waals surface area contributed by atoms with E-state index in [0.717, 1.165) is 0 Å². The molecule has 8 heteroatoms. The second kappa shape index (κ2) is 6.83. The molecule has 0 atom stereocenters. The average molecular weight is 360 g/mol. The van der Waals surface area contributed by atoms with Crippen LogP contribution in [0.15, 0.2) is 33.8 Å². The summed E-state index contributed by atoms with van der Waals surface area (Å²) < 4.78 is 7.15. The first kappa shape index (κ1) is 15.0. The Kier molecular flexibility index (Phi) is 5.11. The van der Waals surface area contributed by atoms with Gasteiger partial charge >= 0.3 is 0 Å². The Morgan fingerprint density at radius 1 is 1.55 bits per heavy atom. The lowest BCUT2D eigenvalue weighted by Gasteiger charge is -2.10. The van der Waals surface area contributed by atoms with Gasteiger partial charge in [0.05, 0.1) is 11.1 Å². The zero-order valence-electron chi connectivity index (χ0n) is 10.6. The Bertz CT molecular complexity index is 662. The van der Waals surface area contributed by atoms with Crippen LogP contribution in [0.4, 0.5) is 11.5 Å². The molecular formula is C12H12BrClN4O2. The summed E-state index contributed by atoms with van der Waals surface area (Å²) in [7, 11) is 1.59. The van der Waals surface area contributed by atoms with Crippen molar-refractivity contribution in [2.24, 2.45) is 0 Å². The van der Waals surface area contributed by atoms with Gasteiger partial charge in [0.15, 0.2) is 0 Å². The van der Waals surface area contributed by atoms with Crippen LogP contribution in [0.5, 0.6) is 0 Å². The van der Waals surface area contributed by atoms with Gasteiger partial charge in [0.1, 0.15) is 11.5 Å². The van der Waals surface area contributed by atoms with Gasteiger partial charge in [0, 0.05) is 26.0 Å². The minimum absolute atomic E-state index is 0.103. The summed E-state index contributed by atoms with van der Waals surface area (Å²) in [6.07, 6.45) is 3.22. The number of halogens is 2. The Balaban J connectivity index is 2.29. The number of nitrogens with zero attached hydrogens (tertiary/aromatic N) is 3. The van der Waals surface area contributed by atoms with Crippen LogP contribution in [0.1, 0.15) is 0 Å². The summed E-state index contributed by atoms with van der Waals surface area (Å²) in [5.74, 6) is 0.437. The molecule has 0 amide bonds. The molecule has 2 aromatic rings. The summed E-state index contributed by atoms with van der Waals surface area (Å²) >= 11 is 9.04. The Hall–Kier alpha value is -1.44. The van der Waals surface area contributed by atoms with E-state index in [0.29, 0.717) is 29.1 Å². The van der Waals surface area contributed by atoms with Gasteiger partial charge in [-0.05, 0) is 39.7 Å². The van der Waals surface area contributed by atoms with Crippen molar-refractivity contribution in [2.75, 3.05) is 19.0 Å². The fourth-order valence-electron chi connectivity index (χ4n) is 1.56. The lowest BCUT2D eigenvalue weighted by atomic mass is 10.4. The maximum absolute atomic E-state index is 12.2. The highest BCUT2D eigenvalue weighted by Crippen LogP contribution is 2.22. The largest absolute Gasteiger partial charge is 0.383 e. The number of aromatic nitrogens is 3. The number of methoxy groups -OCH3 is 1. The molecule has 0 saturated carbocycles. The van der Waals surface area contributed by atoms with E-state index in [-0.39, 0.29) is 10.8 Å². The molecule has 20 heavy (non-hydrogen) atoms. The molecule has 0 bridgehead atoms. The van der Waals surface area contributed by atoms with Gasteiger partial charge in [-0.25, -0.2) is 4.98 Å². The molecule has 0 aliphatic carbocycles.